The number of anilines is 1. The van der Waals surface area contributed by atoms with Crippen LogP contribution in [0.5, 0.6) is 0 Å². The van der Waals surface area contributed by atoms with E-state index in [9.17, 15) is 36.8 Å². The SMILES string of the molecule is CN1CCN(c2ccc3c(c2)oc2cc(C(=O)NC4(C(=O)NC5(C#N)CC5)CCC(F)(F)CC4)ccc23)CC1.O=C(O)C(F)(F)F. The molecule has 3 aliphatic rings. The number of nitrogens with one attached hydrogen (secondary N) is 2. The Kier molecular flexibility index (Phi) is 8.63. The predicted octanol–water partition coefficient (Wildman–Crippen LogP) is 4.82. The summed E-state index contributed by atoms with van der Waals surface area (Å²) in [4.78, 5) is 40.2. The molecule has 2 heterocycles. The maximum Gasteiger partial charge on any atom is 0.490 e. The van der Waals surface area contributed by atoms with Gasteiger partial charge >= 0.3 is 12.1 Å². The first kappa shape index (κ1) is 32.9. The van der Waals surface area contributed by atoms with Gasteiger partial charge in [-0.15, -0.1) is 0 Å². The Balaban J connectivity index is 0.000000537. The van der Waals surface area contributed by atoms with Crippen LogP contribution in [0.4, 0.5) is 27.6 Å². The molecule has 46 heavy (non-hydrogen) atoms. The molecule has 2 aliphatic carbocycles. The van der Waals surface area contributed by atoms with E-state index in [1.165, 1.54) is 0 Å². The number of carbonyl (C=O) groups is 3. The second kappa shape index (κ2) is 12.1. The molecule has 2 aromatic carbocycles. The first-order chi connectivity index (χ1) is 21.6. The number of likely N-dealkylation sites (N-methyl/N-ethyl adjacent to an activating group) is 1. The molecule has 3 fully saturated rings. The average Bonchev–Trinajstić information content (AvgIpc) is 3.68. The van der Waals surface area contributed by atoms with E-state index in [1.54, 1.807) is 12.1 Å². The van der Waals surface area contributed by atoms with Gasteiger partial charge in [0.2, 0.25) is 11.8 Å². The summed E-state index contributed by atoms with van der Waals surface area (Å²) in [5.41, 5.74) is 0.127. The number of carboxylic acids is 1. The summed E-state index contributed by atoms with van der Waals surface area (Å²) in [6.45, 7) is 3.85. The van der Waals surface area contributed by atoms with Crippen LogP contribution in [0, 0.1) is 11.3 Å². The number of carboxylic acid groups (broad SMARTS) is 1. The van der Waals surface area contributed by atoms with Gasteiger partial charge in [0.1, 0.15) is 22.2 Å². The van der Waals surface area contributed by atoms with Crippen molar-refractivity contribution in [2.24, 2.45) is 0 Å². The van der Waals surface area contributed by atoms with Crippen LogP contribution in [0.3, 0.4) is 0 Å². The van der Waals surface area contributed by atoms with Crippen molar-refractivity contribution in [1.29, 1.82) is 5.26 Å². The zero-order valence-electron chi connectivity index (χ0n) is 24.8. The highest BCUT2D eigenvalue weighted by molar-refractivity contribution is 6.08. The monoisotopic (exact) mass is 649 g/mol. The molecule has 6 rings (SSSR count). The Bertz CT molecular complexity index is 1690. The third-order valence-electron chi connectivity index (χ3n) is 8.77. The zero-order chi connectivity index (χ0) is 33.5. The van der Waals surface area contributed by atoms with Gasteiger partial charge in [0.05, 0.1) is 6.07 Å². The molecule has 0 radical (unpaired) electrons. The lowest BCUT2D eigenvalue weighted by Crippen LogP contribution is -2.62. The summed E-state index contributed by atoms with van der Waals surface area (Å²) in [6, 6.07) is 13.3. The van der Waals surface area contributed by atoms with E-state index < -0.39 is 53.8 Å². The minimum Gasteiger partial charge on any atom is -0.475 e. The molecule has 0 atom stereocenters. The number of carbonyl (C=O) groups excluding carboxylic acids is 2. The molecule has 2 saturated carbocycles. The van der Waals surface area contributed by atoms with E-state index in [-0.39, 0.29) is 18.4 Å². The first-order valence-corrected chi connectivity index (χ1v) is 14.7. The molecule has 3 aromatic rings. The summed E-state index contributed by atoms with van der Waals surface area (Å²) in [7, 11) is 2.11. The van der Waals surface area contributed by atoms with Crippen LogP contribution in [0.25, 0.3) is 21.9 Å². The molecule has 2 amide bonds. The minimum absolute atomic E-state index is 0.207. The fraction of sp³-hybridized carbons (Fsp3) is 0.484. The number of aliphatic carboxylic acids is 1. The molecule has 246 valence electrons. The Hall–Kier alpha value is -4.45. The van der Waals surface area contributed by atoms with Crippen molar-refractivity contribution in [2.75, 3.05) is 38.1 Å². The highest BCUT2D eigenvalue weighted by Crippen LogP contribution is 2.41. The predicted molar refractivity (Wildman–Crippen MR) is 156 cm³/mol. The highest BCUT2D eigenvalue weighted by atomic mass is 19.4. The Morgan fingerprint density at radius 2 is 1.46 bits per heavy atom. The van der Waals surface area contributed by atoms with Crippen LogP contribution in [-0.4, -0.2) is 84.2 Å². The van der Waals surface area contributed by atoms with Crippen LogP contribution in [0.15, 0.2) is 40.8 Å². The van der Waals surface area contributed by atoms with E-state index in [0.717, 1.165) is 48.2 Å². The van der Waals surface area contributed by atoms with E-state index in [1.807, 2.05) is 18.2 Å². The lowest BCUT2D eigenvalue weighted by atomic mass is 9.78. The van der Waals surface area contributed by atoms with E-state index >= 15 is 0 Å². The summed E-state index contributed by atoms with van der Waals surface area (Å²) < 4.78 is 65.9. The van der Waals surface area contributed by atoms with Crippen molar-refractivity contribution in [3.63, 3.8) is 0 Å². The van der Waals surface area contributed by atoms with Crippen LogP contribution in [0.1, 0.15) is 48.9 Å². The van der Waals surface area contributed by atoms with Crippen molar-refractivity contribution in [1.82, 2.24) is 15.5 Å². The number of furan rings is 1. The summed E-state index contributed by atoms with van der Waals surface area (Å²) in [6.07, 6.45) is -5.51. The van der Waals surface area contributed by atoms with Gasteiger partial charge in [0.25, 0.3) is 5.91 Å². The van der Waals surface area contributed by atoms with Gasteiger partial charge in [-0.25, -0.2) is 13.6 Å². The van der Waals surface area contributed by atoms with Crippen molar-refractivity contribution in [3.05, 3.63) is 42.0 Å². The number of benzene rings is 2. The van der Waals surface area contributed by atoms with Crippen LogP contribution < -0.4 is 15.5 Å². The standard InChI is InChI=1S/C29H31F2N5O3.C2HF3O2/c1-35-12-14-36(15-13-35)20-3-5-22-21-4-2-19(16-23(21)39-24(22)17-20)25(37)33-28(8-10-29(30,31)11-9-28)26(38)34-27(18-32)6-7-27;3-2(4,5)1(6)7/h2-5,16-17H,6-15H2,1H3,(H,33,37)(H,34,38);(H,6,7). The highest BCUT2D eigenvalue weighted by Gasteiger charge is 2.53. The molecule has 15 heteroatoms. The largest absolute Gasteiger partial charge is 0.490 e. The Labute approximate surface area is 260 Å². The van der Waals surface area contributed by atoms with Gasteiger partial charge in [0.15, 0.2) is 0 Å². The van der Waals surface area contributed by atoms with E-state index in [4.69, 9.17) is 14.3 Å². The molecule has 0 unspecified atom stereocenters. The van der Waals surface area contributed by atoms with Crippen molar-refractivity contribution in [2.45, 2.75) is 61.7 Å². The third kappa shape index (κ3) is 7.01. The quantitative estimate of drug-likeness (QED) is 0.335. The number of rotatable bonds is 5. The molecule has 3 N–H and O–H groups in total. The van der Waals surface area contributed by atoms with E-state index in [2.05, 4.69) is 39.6 Å². The first-order valence-electron chi connectivity index (χ1n) is 14.7. The number of fused-ring (bicyclic) bond motifs is 3. The topological polar surface area (TPSA) is 139 Å². The van der Waals surface area contributed by atoms with Gasteiger partial charge in [-0.2, -0.15) is 18.4 Å². The molecule has 0 bridgehead atoms. The van der Waals surface area contributed by atoms with Crippen LogP contribution >= 0.6 is 0 Å². The number of nitrogens with zero attached hydrogens (tertiary/aromatic N) is 3. The second-order valence-electron chi connectivity index (χ2n) is 12.1. The lowest BCUT2D eigenvalue weighted by molar-refractivity contribution is -0.192. The molecule has 1 aliphatic heterocycles. The maximum atomic E-state index is 14.0. The van der Waals surface area contributed by atoms with Gasteiger partial charge in [-0.1, -0.05) is 0 Å². The number of halogens is 5. The molecule has 10 nitrogen and oxygen atoms in total. The Morgan fingerprint density at radius 3 is 2.00 bits per heavy atom. The number of amides is 2. The van der Waals surface area contributed by atoms with E-state index in [0.29, 0.717) is 18.4 Å². The fourth-order valence-corrected chi connectivity index (χ4v) is 5.64. The van der Waals surface area contributed by atoms with Gasteiger partial charge in [-0.05, 0) is 63.1 Å². The minimum atomic E-state index is -5.08. The smallest absolute Gasteiger partial charge is 0.475 e. The third-order valence-corrected chi connectivity index (χ3v) is 8.77. The Morgan fingerprint density at radius 1 is 0.891 bits per heavy atom. The number of alkyl halides is 5. The zero-order valence-corrected chi connectivity index (χ0v) is 24.8. The second-order valence-corrected chi connectivity index (χ2v) is 12.1. The number of hydrogen-bond acceptors (Lipinski definition) is 7. The molecule has 1 aromatic heterocycles. The normalized spacial score (nSPS) is 20.2. The van der Waals surface area contributed by atoms with Crippen LogP contribution in [-0.2, 0) is 9.59 Å². The number of nitriles is 1. The molecular formula is C31H32F5N5O5. The van der Waals surface area contributed by atoms with Crippen LogP contribution in [0.2, 0.25) is 0 Å². The molecular weight excluding hydrogens is 617 g/mol. The molecule has 0 spiro atoms. The number of hydrogen-bond donors (Lipinski definition) is 3. The average molecular weight is 650 g/mol. The van der Waals surface area contributed by atoms with Crippen molar-refractivity contribution in [3.8, 4) is 6.07 Å². The lowest BCUT2D eigenvalue weighted by Gasteiger charge is -2.39. The van der Waals surface area contributed by atoms with Crippen molar-refractivity contribution < 1.29 is 45.9 Å². The summed E-state index contributed by atoms with van der Waals surface area (Å²) in [5.74, 6) is -6.77. The van der Waals surface area contributed by atoms with Crippen molar-refractivity contribution >= 4 is 45.4 Å². The fourth-order valence-electron chi connectivity index (χ4n) is 5.64. The maximum absolute atomic E-state index is 14.0. The number of piperazine rings is 1. The van der Waals surface area contributed by atoms with Gasteiger partial charge in [-0.3, -0.25) is 9.59 Å². The van der Waals surface area contributed by atoms with Gasteiger partial charge < -0.3 is 30.0 Å². The molecule has 1 saturated heterocycles. The summed E-state index contributed by atoms with van der Waals surface area (Å²) >= 11 is 0. The summed E-state index contributed by atoms with van der Waals surface area (Å²) in [5, 5.41) is 23.8. The van der Waals surface area contributed by atoms with Gasteiger partial charge in [0, 0.05) is 67.1 Å².